The van der Waals surface area contributed by atoms with Crippen molar-refractivity contribution in [1.82, 2.24) is 0 Å². The Hall–Kier alpha value is -2.05. The van der Waals surface area contributed by atoms with Crippen LogP contribution < -0.4 is 129 Å². The van der Waals surface area contributed by atoms with E-state index in [1.165, 1.54) is 84.9 Å². The first-order valence-electron chi connectivity index (χ1n) is 16.0. The van der Waals surface area contributed by atoms with Crippen LogP contribution in [0, 0.1) is 0 Å². The maximum atomic E-state index is 13.3. The van der Waals surface area contributed by atoms with Crippen LogP contribution in [-0.2, 0) is 40.5 Å². The number of aliphatic imine (C=N–C) groups is 2. The van der Waals surface area contributed by atoms with Gasteiger partial charge in [0.05, 0.1) is 31.7 Å². The van der Waals surface area contributed by atoms with Crippen LogP contribution in [0.3, 0.4) is 0 Å². The van der Waals surface area contributed by atoms with E-state index in [2.05, 4.69) is 20.6 Å². The standard InChI is InChI=1S/C35H26N4O15S4.4Na/c40-33(38-31-25-13-3-1-11-23(25)27(55(43,44)45)17-29(31)57(49,50)51)19-7-5-9-21(15-19)36-35(42)37-22-10-6-8-20(16-22)34(41)39-32-26-14-4-2-12-24(26)28(56(46,47)48)18-30(32)58(52,53)54;;;;/h1-18,27-28H,(H2,36,37,42)(H,43,44,45)(H,46,47,48)(H,49,50,51)(H,52,53,54);;;;/q;4*+1/p-4. The van der Waals surface area contributed by atoms with Crippen LogP contribution in [-0.4, -0.2) is 81.2 Å². The fourth-order valence-electron chi connectivity index (χ4n) is 6.00. The second-order valence-electron chi connectivity index (χ2n) is 12.2. The van der Waals surface area contributed by atoms with Crippen molar-refractivity contribution in [2.24, 2.45) is 9.98 Å². The summed E-state index contributed by atoms with van der Waals surface area (Å²) in [6.45, 7) is 0. The van der Waals surface area contributed by atoms with Gasteiger partial charge in [0, 0.05) is 33.6 Å². The summed E-state index contributed by atoms with van der Waals surface area (Å²) in [5, 5.41) is 0.724. The molecule has 4 aromatic carbocycles. The minimum Gasteiger partial charge on any atom is -0.747 e. The molecule has 2 aliphatic carbocycles. The van der Waals surface area contributed by atoms with E-state index >= 15 is 0 Å². The van der Waals surface area contributed by atoms with Crippen LogP contribution >= 0.6 is 0 Å². The molecule has 4 amide bonds. The van der Waals surface area contributed by atoms with Crippen molar-refractivity contribution >= 4 is 81.1 Å². The number of nitrogens with zero attached hydrogens (tertiary/aromatic N) is 2. The largest absolute Gasteiger partial charge is 1.00 e. The molecule has 0 fully saturated rings. The molecule has 0 bridgehead atoms. The molecule has 2 aliphatic rings. The third-order valence-electron chi connectivity index (χ3n) is 8.44. The number of fused-ring (bicyclic) bond motifs is 2. The van der Waals surface area contributed by atoms with Crippen molar-refractivity contribution in [1.29, 1.82) is 0 Å². The molecule has 300 valence electrons. The number of carbonyl (C=O) groups excluding carboxylic acids is 3. The number of carbonyl (C=O) groups is 3. The molecule has 0 saturated heterocycles. The van der Waals surface area contributed by atoms with E-state index in [1.54, 1.807) is 0 Å². The van der Waals surface area contributed by atoms with Gasteiger partial charge >= 0.3 is 124 Å². The fourth-order valence-corrected chi connectivity index (χ4v) is 9.20. The van der Waals surface area contributed by atoms with E-state index in [-0.39, 0.29) is 163 Å². The van der Waals surface area contributed by atoms with Gasteiger partial charge in [0.2, 0.25) is 0 Å². The third kappa shape index (κ3) is 13.1. The number of nitrogens with one attached hydrogen (secondary N) is 2. The first-order chi connectivity index (χ1) is 27.0. The molecule has 0 aliphatic heterocycles. The van der Waals surface area contributed by atoms with Gasteiger partial charge in [-0.05, 0) is 59.7 Å². The van der Waals surface area contributed by atoms with Gasteiger partial charge in [-0.15, -0.1) is 0 Å². The molecule has 0 heterocycles. The van der Waals surface area contributed by atoms with E-state index in [0.717, 1.165) is 12.1 Å². The van der Waals surface area contributed by atoms with Gasteiger partial charge in [0.1, 0.15) is 40.5 Å². The molecular weight excluding hydrogens is 937 g/mol. The predicted molar refractivity (Wildman–Crippen MR) is 201 cm³/mol. The molecule has 2 unspecified atom stereocenters. The zero-order chi connectivity index (χ0) is 42.4. The van der Waals surface area contributed by atoms with Gasteiger partial charge in [0.25, 0.3) is 11.8 Å². The quantitative estimate of drug-likeness (QED) is 0.122. The van der Waals surface area contributed by atoms with Crippen LogP contribution in [0.25, 0.3) is 0 Å². The Morgan fingerprint density at radius 1 is 0.484 bits per heavy atom. The number of urea groups is 1. The van der Waals surface area contributed by atoms with Crippen LogP contribution in [0.1, 0.15) is 53.5 Å². The molecule has 27 heteroatoms. The van der Waals surface area contributed by atoms with Gasteiger partial charge in [-0.3, -0.25) is 9.59 Å². The number of amides is 4. The van der Waals surface area contributed by atoms with E-state index in [4.69, 9.17) is 0 Å². The topological polar surface area (TPSA) is 329 Å². The Kier molecular flexibility index (Phi) is 19.9. The molecule has 0 saturated carbocycles. The van der Waals surface area contributed by atoms with E-state index < -0.39 is 90.1 Å². The number of hydrogen-bond donors (Lipinski definition) is 2. The third-order valence-corrected chi connectivity index (χ3v) is 12.2. The van der Waals surface area contributed by atoms with Crippen LogP contribution in [0.15, 0.2) is 129 Å². The maximum absolute atomic E-state index is 13.3. The second-order valence-corrected chi connectivity index (χ2v) is 17.9. The Morgan fingerprint density at radius 2 is 0.823 bits per heavy atom. The summed E-state index contributed by atoms with van der Waals surface area (Å²) < 4.78 is 144. The average Bonchev–Trinajstić information content (AvgIpc) is 3.13. The Bertz CT molecular complexity index is 2850. The summed E-state index contributed by atoms with van der Waals surface area (Å²) >= 11 is 0. The summed E-state index contributed by atoms with van der Waals surface area (Å²) in [4.78, 5) is 44.7. The molecular formula is C35H22N4Na4O15S4. The van der Waals surface area contributed by atoms with Gasteiger partial charge in [-0.1, -0.05) is 60.7 Å². The monoisotopic (exact) mass is 958 g/mol. The summed E-state index contributed by atoms with van der Waals surface area (Å²) in [5.41, 5.74) is -2.92. The van der Waals surface area contributed by atoms with Gasteiger partial charge in [-0.2, -0.15) is 0 Å². The van der Waals surface area contributed by atoms with Crippen molar-refractivity contribution in [3.05, 3.63) is 152 Å². The van der Waals surface area contributed by atoms with E-state index in [0.29, 0.717) is 12.2 Å². The first kappa shape index (κ1) is 56.1. The number of allylic oxidation sites excluding steroid dienone is 2. The Morgan fingerprint density at radius 3 is 1.15 bits per heavy atom. The smallest absolute Gasteiger partial charge is 0.747 e. The van der Waals surface area contributed by atoms with Gasteiger partial charge < -0.3 is 28.8 Å². The fraction of sp³-hybridized carbons (Fsp3) is 0.0571. The molecule has 62 heavy (non-hydrogen) atoms. The zero-order valence-corrected chi connectivity index (χ0v) is 44.0. The molecule has 0 spiro atoms. The normalized spacial score (nSPS) is 17.2. The van der Waals surface area contributed by atoms with E-state index in [1.807, 2.05) is 0 Å². The van der Waals surface area contributed by atoms with Crippen molar-refractivity contribution in [3.8, 4) is 0 Å². The Balaban J connectivity index is 0.00000331. The number of rotatable bonds is 8. The summed E-state index contributed by atoms with van der Waals surface area (Å²) in [6, 6.07) is 19.2. The summed E-state index contributed by atoms with van der Waals surface area (Å²) in [7, 11) is -21.4. The number of anilines is 2. The van der Waals surface area contributed by atoms with Crippen LogP contribution in [0.4, 0.5) is 16.2 Å². The van der Waals surface area contributed by atoms with Crippen LogP contribution in [0.2, 0.25) is 0 Å². The van der Waals surface area contributed by atoms with Crippen molar-refractivity contribution in [2.45, 2.75) is 10.5 Å². The Labute approximate surface area is 443 Å². The molecule has 6 rings (SSSR count). The minimum absolute atomic E-state index is 0. The molecule has 19 nitrogen and oxygen atoms in total. The van der Waals surface area contributed by atoms with E-state index in [9.17, 15) is 66.3 Å². The molecule has 4 aromatic rings. The molecule has 0 radical (unpaired) electrons. The summed E-state index contributed by atoms with van der Waals surface area (Å²) in [6.07, 6.45) is 0.827. The first-order valence-corrected chi connectivity index (χ1v) is 21.8. The molecule has 2 atom stereocenters. The van der Waals surface area contributed by atoms with Crippen molar-refractivity contribution in [2.75, 3.05) is 10.6 Å². The number of hydrogen-bond acceptors (Lipinski definition) is 15. The molecule has 2 N–H and O–H groups in total. The van der Waals surface area contributed by atoms with Gasteiger partial charge in [0.15, 0.2) is 0 Å². The zero-order valence-electron chi connectivity index (χ0n) is 32.7. The van der Waals surface area contributed by atoms with Crippen LogP contribution in [0.5, 0.6) is 0 Å². The predicted octanol–water partition coefficient (Wildman–Crippen LogP) is -9.34. The summed E-state index contributed by atoms with van der Waals surface area (Å²) in [5.74, 6) is -2.26. The minimum atomic E-state index is -5.47. The second kappa shape index (κ2) is 22.0. The number of benzene rings is 4. The van der Waals surface area contributed by atoms with Crippen molar-refractivity contribution in [3.63, 3.8) is 0 Å². The average molecular weight is 959 g/mol. The maximum Gasteiger partial charge on any atom is 1.00 e. The SMILES string of the molecule is O=C(Nc1cccc(C(=O)N=C2C(S(=O)(=O)[O-])=CC(S(=O)(=O)[O-])c3ccccc32)c1)Nc1cccc(C(=O)N=C2C(S(=O)(=O)[O-])=CC(S(=O)(=O)[O-])c3ccccc32)c1.[Na+].[Na+].[Na+].[Na+]. The molecule has 0 aromatic heterocycles. The van der Waals surface area contributed by atoms with Gasteiger partial charge in [-0.25, -0.2) is 48.5 Å². The van der Waals surface area contributed by atoms with Crippen molar-refractivity contribution < 1.29 is 184 Å².